The van der Waals surface area contributed by atoms with Crippen LogP contribution in [0.25, 0.3) is 0 Å². The summed E-state index contributed by atoms with van der Waals surface area (Å²) >= 11 is 0. The number of aliphatic hydroxyl groups excluding tert-OH is 1. The van der Waals surface area contributed by atoms with Gasteiger partial charge in [0.15, 0.2) is 11.5 Å². The van der Waals surface area contributed by atoms with E-state index in [1.54, 1.807) is 0 Å². The first-order chi connectivity index (χ1) is 9.22. The average Bonchev–Trinajstić information content (AvgIpc) is 2.86. The first-order valence-electron chi connectivity index (χ1n) is 7.02. The summed E-state index contributed by atoms with van der Waals surface area (Å²) in [5.74, 6) is 2.33. The van der Waals surface area contributed by atoms with E-state index in [-0.39, 0.29) is 6.10 Å². The number of piperidine rings is 1. The number of rotatable bonds is 3. The standard InChI is InChI=1S/C15H21NO3/c1-11(17)9-16-6-4-12(5-7-16)13-2-3-14-15(8-13)19-10-18-14/h2-3,8,11-12,17H,4-7,9-10H2,1H3. The van der Waals surface area contributed by atoms with E-state index in [0.717, 1.165) is 44.0 Å². The molecule has 1 saturated heterocycles. The maximum Gasteiger partial charge on any atom is 0.231 e. The molecule has 1 atom stereocenters. The highest BCUT2D eigenvalue weighted by Crippen LogP contribution is 2.37. The van der Waals surface area contributed by atoms with Gasteiger partial charge >= 0.3 is 0 Å². The molecule has 0 radical (unpaired) electrons. The van der Waals surface area contributed by atoms with E-state index < -0.39 is 0 Å². The molecular weight excluding hydrogens is 242 g/mol. The van der Waals surface area contributed by atoms with Gasteiger partial charge in [-0.05, 0) is 56.5 Å². The molecule has 0 bridgehead atoms. The third kappa shape index (κ3) is 2.85. The maximum atomic E-state index is 9.42. The fourth-order valence-corrected chi connectivity index (χ4v) is 2.99. The zero-order valence-electron chi connectivity index (χ0n) is 11.3. The molecule has 104 valence electrons. The molecule has 3 rings (SSSR count). The number of aliphatic hydroxyl groups is 1. The number of hydrogen-bond donors (Lipinski definition) is 1. The van der Waals surface area contributed by atoms with Crippen LogP contribution < -0.4 is 9.47 Å². The number of β-amino-alcohol motifs (C(OH)–C–C–N with tert-alkyl or cyclic N) is 1. The molecule has 2 heterocycles. The van der Waals surface area contributed by atoms with Gasteiger partial charge in [-0.1, -0.05) is 6.07 Å². The molecule has 0 amide bonds. The van der Waals surface area contributed by atoms with Crippen molar-refractivity contribution < 1.29 is 14.6 Å². The van der Waals surface area contributed by atoms with E-state index in [2.05, 4.69) is 17.0 Å². The lowest BCUT2D eigenvalue weighted by molar-refractivity contribution is 0.109. The van der Waals surface area contributed by atoms with E-state index >= 15 is 0 Å². The van der Waals surface area contributed by atoms with Gasteiger partial charge in [-0.3, -0.25) is 0 Å². The minimum absolute atomic E-state index is 0.234. The second-order valence-electron chi connectivity index (χ2n) is 5.54. The van der Waals surface area contributed by atoms with Gasteiger partial charge in [-0.15, -0.1) is 0 Å². The molecule has 0 saturated carbocycles. The molecule has 2 aliphatic rings. The van der Waals surface area contributed by atoms with E-state index in [1.165, 1.54) is 5.56 Å². The predicted octanol–water partition coefficient (Wildman–Crippen LogP) is 1.98. The van der Waals surface area contributed by atoms with Crippen LogP contribution in [0.2, 0.25) is 0 Å². The largest absolute Gasteiger partial charge is 0.454 e. The predicted molar refractivity (Wildman–Crippen MR) is 72.7 cm³/mol. The number of nitrogens with zero attached hydrogens (tertiary/aromatic N) is 1. The smallest absolute Gasteiger partial charge is 0.231 e. The SMILES string of the molecule is CC(O)CN1CCC(c2ccc3c(c2)OCO3)CC1. The second kappa shape index (κ2) is 5.39. The van der Waals surface area contributed by atoms with Crippen molar-refractivity contribution >= 4 is 0 Å². The molecule has 1 aromatic rings. The van der Waals surface area contributed by atoms with Crippen molar-refractivity contribution in [2.45, 2.75) is 31.8 Å². The van der Waals surface area contributed by atoms with E-state index in [9.17, 15) is 5.11 Å². The van der Waals surface area contributed by atoms with Crippen LogP contribution in [0.15, 0.2) is 18.2 Å². The summed E-state index contributed by atoms with van der Waals surface area (Å²) in [4.78, 5) is 2.34. The van der Waals surface area contributed by atoms with Gasteiger partial charge in [0, 0.05) is 6.54 Å². The molecule has 1 fully saturated rings. The maximum absolute atomic E-state index is 9.42. The molecule has 2 aliphatic heterocycles. The summed E-state index contributed by atoms with van der Waals surface area (Å²) < 4.78 is 10.8. The van der Waals surface area contributed by atoms with Crippen molar-refractivity contribution in [3.8, 4) is 11.5 Å². The van der Waals surface area contributed by atoms with Gasteiger partial charge in [0.25, 0.3) is 0 Å². The summed E-state index contributed by atoms with van der Waals surface area (Å²) in [5, 5.41) is 9.42. The van der Waals surface area contributed by atoms with Crippen LogP contribution in [0.3, 0.4) is 0 Å². The lowest BCUT2D eigenvalue weighted by Gasteiger charge is -2.32. The van der Waals surface area contributed by atoms with Gasteiger partial charge in [-0.25, -0.2) is 0 Å². The molecule has 4 nitrogen and oxygen atoms in total. The highest BCUT2D eigenvalue weighted by molar-refractivity contribution is 5.45. The lowest BCUT2D eigenvalue weighted by Crippen LogP contribution is -2.37. The molecule has 1 N–H and O–H groups in total. The van der Waals surface area contributed by atoms with Gasteiger partial charge in [0.2, 0.25) is 6.79 Å². The molecule has 0 spiro atoms. The molecule has 19 heavy (non-hydrogen) atoms. The van der Waals surface area contributed by atoms with Crippen LogP contribution in [-0.2, 0) is 0 Å². The summed E-state index contributed by atoms with van der Waals surface area (Å²) in [6, 6.07) is 6.29. The number of fused-ring (bicyclic) bond motifs is 1. The molecule has 0 aliphatic carbocycles. The van der Waals surface area contributed by atoms with Gasteiger partial charge < -0.3 is 19.5 Å². The highest BCUT2D eigenvalue weighted by Gasteiger charge is 2.23. The first kappa shape index (κ1) is 12.8. The molecule has 0 aromatic heterocycles. The zero-order chi connectivity index (χ0) is 13.2. The summed E-state index contributed by atoms with van der Waals surface area (Å²) in [6.07, 6.45) is 2.06. The Kier molecular flexibility index (Phi) is 3.62. The Morgan fingerprint density at radius 1 is 1.26 bits per heavy atom. The van der Waals surface area contributed by atoms with Crippen LogP contribution in [0.5, 0.6) is 11.5 Å². The number of hydrogen-bond acceptors (Lipinski definition) is 4. The third-order valence-electron chi connectivity index (χ3n) is 3.98. The molecule has 1 aromatic carbocycles. The van der Waals surface area contributed by atoms with Crippen molar-refractivity contribution in [3.63, 3.8) is 0 Å². The Bertz CT molecular complexity index is 439. The average molecular weight is 263 g/mol. The van der Waals surface area contributed by atoms with Crippen LogP contribution in [0, 0.1) is 0 Å². The molecule has 4 heteroatoms. The Morgan fingerprint density at radius 3 is 2.74 bits per heavy atom. The minimum Gasteiger partial charge on any atom is -0.454 e. The van der Waals surface area contributed by atoms with Crippen molar-refractivity contribution in [2.24, 2.45) is 0 Å². The Hall–Kier alpha value is -1.26. The van der Waals surface area contributed by atoms with Crippen molar-refractivity contribution in [2.75, 3.05) is 26.4 Å². The van der Waals surface area contributed by atoms with Crippen LogP contribution in [-0.4, -0.2) is 42.5 Å². The van der Waals surface area contributed by atoms with Gasteiger partial charge in [0.05, 0.1) is 6.10 Å². The first-order valence-corrected chi connectivity index (χ1v) is 7.02. The van der Waals surface area contributed by atoms with Crippen LogP contribution in [0.4, 0.5) is 0 Å². The Morgan fingerprint density at radius 2 is 2.00 bits per heavy atom. The van der Waals surface area contributed by atoms with Crippen molar-refractivity contribution in [3.05, 3.63) is 23.8 Å². The number of likely N-dealkylation sites (tertiary alicyclic amines) is 1. The summed E-state index contributed by atoms with van der Waals surface area (Å²) in [6.45, 7) is 5.09. The topological polar surface area (TPSA) is 41.9 Å². The van der Waals surface area contributed by atoms with Crippen molar-refractivity contribution in [1.82, 2.24) is 4.90 Å². The third-order valence-corrected chi connectivity index (χ3v) is 3.98. The summed E-state index contributed by atoms with van der Waals surface area (Å²) in [5.41, 5.74) is 1.35. The fraction of sp³-hybridized carbons (Fsp3) is 0.600. The van der Waals surface area contributed by atoms with Crippen LogP contribution in [0.1, 0.15) is 31.2 Å². The number of ether oxygens (including phenoxy) is 2. The minimum atomic E-state index is -0.234. The highest BCUT2D eigenvalue weighted by atomic mass is 16.7. The Labute approximate surface area is 113 Å². The van der Waals surface area contributed by atoms with E-state index in [0.29, 0.717) is 12.7 Å². The quantitative estimate of drug-likeness (QED) is 0.905. The summed E-state index contributed by atoms with van der Waals surface area (Å²) in [7, 11) is 0. The zero-order valence-corrected chi connectivity index (χ0v) is 11.3. The van der Waals surface area contributed by atoms with E-state index in [1.807, 2.05) is 13.0 Å². The monoisotopic (exact) mass is 263 g/mol. The van der Waals surface area contributed by atoms with E-state index in [4.69, 9.17) is 9.47 Å². The van der Waals surface area contributed by atoms with Gasteiger partial charge in [0.1, 0.15) is 0 Å². The second-order valence-corrected chi connectivity index (χ2v) is 5.54. The molecule has 1 unspecified atom stereocenters. The van der Waals surface area contributed by atoms with Gasteiger partial charge in [-0.2, -0.15) is 0 Å². The number of benzene rings is 1. The lowest BCUT2D eigenvalue weighted by atomic mass is 9.89. The fourth-order valence-electron chi connectivity index (χ4n) is 2.99. The molecular formula is C15H21NO3. The normalized spacial score (nSPS) is 21.6. The Balaban J connectivity index is 1.62. The van der Waals surface area contributed by atoms with Crippen molar-refractivity contribution in [1.29, 1.82) is 0 Å². The van der Waals surface area contributed by atoms with Crippen LogP contribution >= 0.6 is 0 Å².